The lowest BCUT2D eigenvalue weighted by molar-refractivity contribution is 0.216. The summed E-state index contributed by atoms with van der Waals surface area (Å²) in [6, 6.07) is 0. The van der Waals surface area contributed by atoms with Crippen molar-refractivity contribution in [3.8, 4) is 0 Å². The van der Waals surface area contributed by atoms with Crippen LogP contribution in [0, 0.1) is 5.92 Å². The molecule has 1 aliphatic heterocycles. The highest BCUT2D eigenvalue weighted by Crippen LogP contribution is 2.14. The minimum Gasteiger partial charge on any atom is -0.316 e. The monoisotopic (exact) mass is 224 g/mol. The Kier molecular flexibility index (Phi) is 7.52. The van der Waals surface area contributed by atoms with Gasteiger partial charge in [-0.05, 0) is 71.2 Å². The van der Waals surface area contributed by atoms with E-state index < -0.39 is 0 Å². The Balaban J connectivity index is 1.85. The number of rotatable bonds is 8. The molecule has 1 aliphatic rings. The van der Waals surface area contributed by atoms with Crippen LogP contribution in [0.5, 0.6) is 0 Å². The molecule has 0 radical (unpaired) electrons. The maximum Gasteiger partial charge on any atom is -0.00187 e. The molecular weight excluding hydrogens is 196 g/mol. The molecule has 0 aromatic carbocycles. The number of allylic oxidation sites excluding steroid dienone is 1. The summed E-state index contributed by atoms with van der Waals surface area (Å²) in [5.74, 6) is 0.921. The van der Waals surface area contributed by atoms with Crippen molar-refractivity contribution in [3.63, 3.8) is 0 Å². The van der Waals surface area contributed by atoms with Crippen molar-refractivity contribution in [1.29, 1.82) is 0 Å². The topological polar surface area (TPSA) is 15.3 Å². The maximum absolute atomic E-state index is 3.74. The largest absolute Gasteiger partial charge is 0.316 e. The third-order valence-corrected chi connectivity index (χ3v) is 3.53. The summed E-state index contributed by atoms with van der Waals surface area (Å²) in [5, 5.41) is 3.60. The van der Waals surface area contributed by atoms with Gasteiger partial charge in [-0.15, -0.1) is 6.58 Å². The highest BCUT2D eigenvalue weighted by molar-refractivity contribution is 4.71. The second-order valence-electron chi connectivity index (χ2n) is 5.09. The SMILES string of the molecule is C=CCCCCCNCC1CCN(C)CC1. The van der Waals surface area contributed by atoms with Crippen LogP contribution in [0.1, 0.15) is 38.5 Å². The molecule has 0 unspecified atom stereocenters. The molecule has 0 aromatic heterocycles. The summed E-state index contributed by atoms with van der Waals surface area (Å²) in [4.78, 5) is 2.44. The fraction of sp³-hybridized carbons (Fsp3) is 0.857. The molecule has 1 saturated heterocycles. The van der Waals surface area contributed by atoms with Crippen molar-refractivity contribution < 1.29 is 0 Å². The second-order valence-corrected chi connectivity index (χ2v) is 5.09. The Morgan fingerprint density at radius 2 is 2.00 bits per heavy atom. The molecule has 1 heterocycles. The maximum atomic E-state index is 3.74. The smallest absolute Gasteiger partial charge is 0.00187 e. The van der Waals surface area contributed by atoms with Crippen LogP contribution in [0.15, 0.2) is 12.7 Å². The zero-order chi connectivity index (χ0) is 11.6. The Hall–Kier alpha value is -0.340. The minimum absolute atomic E-state index is 0.921. The number of unbranched alkanes of at least 4 members (excludes halogenated alkanes) is 3. The fourth-order valence-corrected chi connectivity index (χ4v) is 2.29. The van der Waals surface area contributed by atoms with Crippen LogP contribution >= 0.6 is 0 Å². The summed E-state index contributed by atoms with van der Waals surface area (Å²) in [6.45, 7) is 8.74. The molecule has 0 saturated carbocycles. The molecule has 0 amide bonds. The molecule has 2 heteroatoms. The standard InChI is InChI=1S/C14H28N2/c1-3-4-5-6-7-10-15-13-14-8-11-16(2)12-9-14/h3,14-15H,1,4-13H2,2H3. The third kappa shape index (κ3) is 6.29. The summed E-state index contributed by atoms with van der Waals surface area (Å²) >= 11 is 0. The number of nitrogens with zero attached hydrogens (tertiary/aromatic N) is 1. The van der Waals surface area contributed by atoms with Gasteiger partial charge in [0.15, 0.2) is 0 Å². The van der Waals surface area contributed by atoms with Crippen LogP contribution in [0.3, 0.4) is 0 Å². The average Bonchev–Trinajstić information content (AvgIpc) is 2.30. The highest BCUT2D eigenvalue weighted by atomic mass is 15.1. The predicted octanol–water partition coefficient (Wildman–Crippen LogP) is 2.66. The number of likely N-dealkylation sites (tertiary alicyclic amines) is 1. The molecule has 0 spiro atoms. The number of hydrogen-bond acceptors (Lipinski definition) is 2. The van der Waals surface area contributed by atoms with Crippen molar-refractivity contribution in [2.45, 2.75) is 38.5 Å². The van der Waals surface area contributed by atoms with E-state index >= 15 is 0 Å². The fourth-order valence-electron chi connectivity index (χ4n) is 2.29. The summed E-state index contributed by atoms with van der Waals surface area (Å²) in [7, 11) is 2.23. The Bertz CT molecular complexity index is 172. The van der Waals surface area contributed by atoms with Crippen molar-refractivity contribution in [1.82, 2.24) is 10.2 Å². The molecular formula is C14H28N2. The van der Waals surface area contributed by atoms with E-state index in [1.54, 1.807) is 0 Å². The molecule has 0 atom stereocenters. The van der Waals surface area contributed by atoms with Gasteiger partial charge in [-0.25, -0.2) is 0 Å². The second kappa shape index (κ2) is 8.77. The number of nitrogens with one attached hydrogen (secondary N) is 1. The summed E-state index contributed by atoms with van der Waals surface area (Å²) in [6.07, 6.45) is 9.91. The molecule has 1 fully saturated rings. The summed E-state index contributed by atoms with van der Waals surface area (Å²) in [5.41, 5.74) is 0. The van der Waals surface area contributed by atoms with E-state index in [1.807, 2.05) is 6.08 Å². The van der Waals surface area contributed by atoms with E-state index in [1.165, 1.54) is 64.7 Å². The first-order valence-electron chi connectivity index (χ1n) is 6.83. The van der Waals surface area contributed by atoms with E-state index in [0.29, 0.717) is 0 Å². The van der Waals surface area contributed by atoms with E-state index in [2.05, 4.69) is 23.8 Å². The van der Waals surface area contributed by atoms with Gasteiger partial charge in [0.05, 0.1) is 0 Å². The first kappa shape index (κ1) is 13.7. The summed E-state index contributed by atoms with van der Waals surface area (Å²) < 4.78 is 0. The number of hydrogen-bond donors (Lipinski definition) is 1. The molecule has 16 heavy (non-hydrogen) atoms. The van der Waals surface area contributed by atoms with Crippen molar-refractivity contribution in [2.24, 2.45) is 5.92 Å². The Morgan fingerprint density at radius 3 is 2.69 bits per heavy atom. The lowest BCUT2D eigenvalue weighted by Gasteiger charge is -2.29. The molecule has 1 rings (SSSR count). The lowest BCUT2D eigenvalue weighted by Crippen LogP contribution is -2.35. The lowest BCUT2D eigenvalue weighted by atomic mass is 9.97. The van der Waals surface area contributed by atoms with E-state index in [-0.39, 0.29) is 0 Å². The van der Waals surface area contributed by atoms with Gasteiger partial charge < -0.3 is 10.2 Å². The molecule has 1 N–H and O–H groups in total. The first-order valence-corrected chi connectivity index (χ1v) is 6.83. The molecule has 0 aliphatic carbocycles. The zero-order valence-corrected chi connectivity index (χ0v) is 10.9. The average molecular weight is 224 g/mol. The Morgan fingerprint density at radius 1 is 1.25 bits per heavy atom. The van der Waals surface area contributed by atoms with Gasteiger partial charge in [0, 0.05) is 0 Å². The van der Waals surface area contributed by atoms with Gasteiger partial charge in [-0.3, -0.25) is 0 Å². The third-order valence-electron chi connectivity index (χ3n) is 3.53. The van der Waals surface area contributed by atoms with E-state index in [9.17, 15) is 0 Å². The van der Waals surface area contributed by atoms with Crippen LogP contribution in [0.2, 0.25) is 0 Å². The predicted molar refractivity (Wildman–Crippen MR) is 71.8 cm³/mol. The molecule has 0 aromatic rings. The van der Waals surface area contributed by atoms with Crippen LogP contribution in [-0.2, 0) is 0 Å². The molecule has 2 nitrogen and oxygen atoms in total. The molecule has 0 bridgehead atoms. The van der Waals surface area contributed by atoms with Crippen molar-refractivity contribution in [2.75, 3.05) is 33.2 Å². The normalized spacial score (nSPS) is 18.8. The van der Waals surface area contributed by atoms with Crippen LogP contribution < -0.4 is 5.32 Å². The van der Waals surface area contributed by atoms with Crippen LogP contribution in [0.25, 0.3) is 0 Å². The Labute approximate surface area is 101 Å². The van der Waals surface area contributed by atoms with Crippen molar-refractivity contribution >= 4 is 0 Å². The van der Waals surface area contributed by atoms with E-state index in [0.717, 1.165) is 5.92 Å². The minimum atomic E-state index is 0.921. The first-order chi connectivity index (χ1) is 7.83. The van der Waals surface area contributed by atoms with Gasteiger partial charge in [-0.2, -0.15) is 0 Å². The van der Waals surface area contributed by atoms with Gasteiger partial charge in [0.2, 0.25) is 0 Å². The number of piperidine rings is 1. The van der Waals surface area contributed by atoms with Crippen molar-refractivity contribution in [3.05, 3.63) is 12.7 Å². The van der Waals surface area contributed by atoms with Gasteiger partial charge in [0.1, 0.15) is 0 Å². The van der Waals surface area contributed by atoms with Gasteiger partial charge >= 0.3 is 0 Å². The van der Waals surface area contributed by atoms with Gasteiger partial charge in [0.25, 0.3) is 0 Å². The highest BCUT2D eigenvalue weighted by Gasteiger charge is 2.15. The molecule has 94 valence electrons. The van der Waals surface area contributed by atoms with Crippen LogP contribution in [-0.4, -0.2) is 38.1 Å². The van der Waals surface area contributed by atoms with E-state index in [4.69, 9.17) is 0 Å². The van der Waals surface area contributed by atoms with Gasteiger partial charge in [-0.1, -0.05) is 12.5 Å². The quantitative estimate of drug-likeness (QED) is 0.504. The van der Waals surface area contributed by atoms with Crippen LogP contribution in [0.4, 0.5) is 0 Å². The zero-order valence-electron chi connectivity index (χ0n) is 10.9.